The molecule has 0 spiro atoms. The first-order valence-corrected chi connectivity index (χ1v) is 8.26. The number of phenolic OH excluding ortho intramolecular Hbond substituents is 1. The highest BCUT2D eigenvalue weighted by Gasteiger charge is 2.29. The summed E-state index contributed by atoms with van der Waals surface area (Å²) < 4.78 is 0. The lowest BCUT2D eigenvalue weighted by Crippen LogP contribution is -2.28. The number of anilines is 1. The number of aromatic carboxylic acids is 1. The third-order valence-corrected chi connectivity index (χ3v) is 5.32. The van der Waals surface area contributed by atoms with Crippen molar-refractivity contribution >= 4 is 39.7 Å². The van der Waals surface area contributed by atoms with Gasteiger partial charge in [-0.3, -0.25) is 4.79 Å². The number of fused-ring (bicyclic) bond motifs is 3. The topological polar surface area (TPSA) is 77.8 Å². The molecule has 0 aliphatic carbocycles. The first kappa shape index (κ1) is 14.7. The molecule has 0 bridgehead atoms. The lowest BCUT2D eigenvalue weighted by atomic mass is 10.0. The smallest absolute Gasteiger partial charge is 0.345 e. The Morgan fingerprint density at radius 1 is 1.04 bits per heavy atom. The van der Waals surface area contributed by atoms with E-state index in [0.29, 0.717) is 23.5 Å². The molecule has 1 aliphatic heterocycles. The molecule has 0 saturated carbocycles. The number of carbonyl (C=O) groups excluding carboxylic acids is 1. The van der Waals surface area contributed by atoms with Crippen LogP contribution in [-0.4, -0.2) is 28.6 Å². The maximum Gasteiger partial charge on any atom is 0.345 e. The largest absolute Gasteiger partial charge is 0.507 e. The molecule has 0 radical (unpaired) electrons. The number of amides is 1. The van der Waals surface area contributed by atoms with Gasteiger partial charge in [-0.2, -0.15) is 0 Å². The second-order valence-corrected chi connectivity index (χ2v) is 6.70. The summed E-state index contributed by atoms with van der Waals surface area (Å²) in [5.74, 6) is -1.13. The Hall–Kier alpha value is -2.86. The van der Waals surface area contributed by atoms with Crippen molar-refractivity contribution in [3.63, 3.8) is 0 Å². The molecule has 3 aromatic rings. The van der Waals surface area contributed by atoms with Gasteiger partial charge in [0.15, 0.2) is 0 Å². The summed E-state index contributed by atoms with van der Waals surface area (Å²) in [4.78, 5) is 25.9. The van der Waals surface area contributed by atoms with Gasteiger partial charge in [0.05, 0.1) is 10.6 Å². The van der Waals surface area contributed by atoms with E-state index < -0.39 is 5.97 Å². The molecule has 0 atom stereocenters. The number of carboxylic acid groups (broad SMARTS) is 1. The van der Waals surface area contributed by atoms with Crippen molar-refractivity contribution in [2.75, 3.05) is 11.4 Å². The minimum absolute atomic E-state index is 0.138. The van der Waals surface area contributed by atoms with Crippen LogP contribution in [0, 0.1) is 0 Å². The van der Waals surface area contributed by atoms with E-state index in [1.807, 2.05) is 24.3 Å². The highest BCUT2D eigenvalue weighted by molar-refractivity contribution is 7.16. The number of phenols is 1. The average Bonchev–Trinajstić information content (AvgIpc) is 3.22. The normalized spacial score (nSPS) is 13.2. The fraction of sp³-hybridized carbons (Fsp3) is 0.111. The van der Waals surface area contributed by atoms with E-state index in [1.165, 1.54) is 12.1 Å². The van der Waals surface area contributed by atoms with Gasteiger partial charge in [-0.25, -0.2) is 4.79 Å². The highest BCUT2D eigenvalue weighted by atomic mass is 32.1. The number of carbonyl (C=O) groups is 2. The van der Waals surface area contributed by atoms with Gasteiger partial charge in [0.25, 0.3) is 5.91 Å². The van der Waals surface area contributed by atoms with Crippen LogP contribution in [0.25, 0.3) is 10.8 Å². The van der Waals surface area contributed by atoms with Gasteiger partial charge in [0.2, 0.25) is 0 Å². The van der Waals surface area contributed by atoms with E-state index in [9.17, 15) is 14.7 Å². The molecular weight excluding hydrogens is 326 g/mol. The molecule has 1 aromatic heterocycles. The molecule has 5 nitrogen and oxygen atoms in total. The average molecular weight is 339 g/mol. The predicted molar refractivity (Wildman–Crippen MR) is 92.3 cm³/mol. The van der Waals surface area contributed by atoms with Gasteiger partial charge >= 0.3 is 5.97 Å². The van der Waals surface area contributed by atoms with Crippen molar-refractivity contribution in [1.29, 1.82) is 0 Å². The quantitative estimate of drug-likeness (QED) is 0.749. The van der Waals surface area contributed by atoms with Gasteiger partial charge in [-0.1, -0.05) is 24.3 Å². The van der Waals surface area contributed by atoms with Gasteiger partial charge in [-0.05, 0) is 29.5 Å². The monoisotopic (exact) mass is 339 g/mol. The van der Waals surface area contributed by atoms with Crippen LogP contribution in [0.3, 0.4) is 0 Å². The zero-order chi connectivity index (χ0) is 16.8. The van der Waals surface area contributed by atoms with Crippen LogP contribution in [0.2, 0.25) is 0 Å². The van der Waals surface area contributed by atoms with E-state index in [2.05, 4.69) is 0 Å². The minimum atomic E-state index is -1.04. The molecule has 1 amide bonds. The molecule has 0 saturated heterocycles. The number of hydrogen-bond donors (Lipinski definition) is 2. The van der Waals surface area contributed by atoms with Gasteiger partial charge in [0.1, 0.15) is 10.6 Å². The third kappa shape index (κ3) is 2.15. The fourth-order valence-corrected chi connectivity index (χ4v) is 3.96. The van der Waals surface area contributed by atoms with Crippen molar-refractivity contribution in [2.24, 2.45) is 0 Å². The summed E-state index contributed by atoms with van der Waals surface area (Å²) in [5, 5.41) is 21.0. The Labute approximate surface area is 141 Å². The maximum absolute atomic E-state index is 12.8. The Morgan fingerprint density at radius 3 is 2.46 bits per heavy atom. The van der Waals surface area contributed by atoms with Crippen LogP contribution in [0.15, 0.2) is 42.5 Å². The van der Waals surface area contributed by atoms with E-state index in [0.717, 1.165) is 27.7 Å². The van der Waals surface area contributed by atoms with Crippen molar-refractivity contribution < 1.29 is 19.8 Å². The molecule has 0 fully saturated rings. The lowest BCUT2D eigenvalue weighted by Gasteiger charge is -2.17. The molecular formula is C18H13NO4S. The van der Waals surface area contributed by atoms with Crippen LogP contribution in [-0.2, 0) is 6.42 Å². The molecule has 6 heteroatoms. The standard InChI is InChI=1S/C18H13NO4S/c20-14-9-13-11(10-3-1-2-4-12(10)14)7-8-19(13)17(21)15-5-6-16(24-15)18(22)23/h1-6,9,20H,7-8H2,(H,22,23). The Kier molecular flexibility index (Phi) is 3.28. The van der Waals surface area contributed by atoms with Crippen molar-refractivity contribution in [2.45, 2.75) is 6.42 Å². The summed E-state index contributed by atoms with van der Waals surface area (Å²) in [6.45, 7) is 0.516. The van der Waals surface area contributed by atoms with Gasteiger partial charge < -0.3 is 15.1 Å². The minimum Gasteiger partial charge on any atom is -0.507 e. The molecule has 4 rings (SSSR count). The Balaban J connectivity index is 1.78. The first-order valence-electron chi connectivity index (χ1n) is 7.45. The molecule has 120 valence electrons. The molecule has 24 heavy (non-hydrogen) atoms. The molecule has 2 N–H and O–H groups in total. The van der Waals surface area contributed by atoms with Gasteiger partial charge in [-0.15, -0.1) is 11.3 Å². The second-order valence-electron chi connectivity index (χ2n) is 5.61. The molecule has 1 aliphatic rings. The summed E-state index contributed by atoms with van der Waals surface area (Å²) in [6, 6.07) is 12.2. The number of carboxylic acids is 1. The van der Waals surface area contributed by atoms with E-state index in [-0.39, 0.29) is 16.5 Å². The van der Waals surface area contributed by atoms with Crippen LogP contribution in [0.5, 0.6) is 5.75 Å². The maximum atomic E-state index is 12.8. The summed E-state index contributed by atoms with van der Waals surface area (Å²) in [5.41, 5.74) is 1.73. The second kappa shape index (κ2) is 5.35. The van der Waals surface area contributed by atoms with Crippen LogP contribution in [0.1, 0.15) is 24.9 Å². The molecule has 2 heterocycles. The van der Waals surface area contributed by atoms with Crippen LogP contribution < -0.4 is 4.90 Å². The van der Waals surface area contributed by atoms with Crippen LogP contribution in [0.4, 0.5) is 5.69 Å². The zero-order valence-corrected chi connectivity index (χ0v) is 13.3. The summed E-state index contributed by atoms with van der Waals surface area (Å²) >= 11 is 0.965. The van der Waals surface area contributed by atoms with Crippen molar-refractivity contribution in [3.05, 3.63) is 57.8 Å². The first-order chi connectivity index (χ1) is 11.6. The Morgan fingerprint density at radius 2 is 1.75 bits per heavy atom. The zero-order valence-electron chi connectivity index (χ0n) is 12.5. The van der Waals surface area contributed by atoms with E-state index in [1.54, 1.807) is 11.0 Å². The third-order valence-electron chi connectivity index (χ3n) is 4.26. The number of aromatic hydroxyl groups is 1. The number of nitrogens with zero attached hydrogens (tertiary/aromatic N) is 1. The van der Waals surface area contributed by atoms with Gasteiger partial charge in [0, 0.05) is 18.0 Å². The van der Waals surface area contributed by atoms with E-state index in [4.69, 9.17) is 5.11 Å². The predicted octanol–water partition coefficient (Wildman–Crippen LogP) is 3.51. The highest BCUT2D eigenvalue weighted by Crippen LogP contribution is 2.40. The SMILES string of the molecule is O=C(O)c1ccc(C(=O)N2CCc3c2cc(O)c2ccccc32)s1. The van der Waals surface area contributed by atoms with Crippen LogP contribution >= 0.6 is 11.3 Å². The number of benzene rings is 2. The van der Waals surface area contributed by atoms with E-state index >= 15 is 0 Å². The summed E-state index contributed by atoms with van der Waals surface area (Å²) in [6.07, 6.45) is 0.707. The fourth-order valence-electron chi connectivity index (χ4n) is 3.16. The van der Waals surface area contributed by atoms with Crippen molar-refractivity contribution in [1.82, 2.24) is 0 Å². The number of rotatable bonds is 2. The van der Waals surface area contributed by atoms with Crippen molar-refractivity contribution in [3.8, 4) is 5.75 Å². The summed E-state index contributed by atoms with van der Waals surface area (Å²) in [7, 11) is 0. The Bertz CT molecular complexity index is 992. The molecule has 0 unspecified atom stereocenters. The number of hydrogen-bond acceptors (Lipinski definition) is 4. The number of thiophene rings is 1. The lowest BCUT2D eigenvalue weighted by molar-refractivity contribution is 0.0702. The molecule has 2 aromatic carbocycles.